The molecule has 2 aromatic carbocycles. The number of hydrogen-bond donors (Lipinski definition) is 1. The molecule has 1 aliphatic carbocycles. The van der Waals surface area contributed by atoms with Crippen LogP contribution in [0.15, 0.2) is 48.5 Å². The second-order valence-electron chi connectivity index (χ2n) is 9.84. The lowest BCUT2D eigenvalue weighted by Crippen LogP contribution is -2.51. The molecule has 1 N–H and O–H groups in total. The standard InChI is InChI=1S/C28H38ClN3O4S/c1-4-26(28(34)30-24-11-5-6-12-24)31(20-22-10-7-9-21(2)19-22)27(33)13-8-18-32(37(3,35)36)25-16-14-23(29)15-17-25/h7,9-10,14-17,19,24,26H,4-6,8,11-13,18,20H2,1-3H3,(H,30,34). The number of benzene rings is 2. The predicted octanol–water partition coefficient (Wildman–Crippen LogP) is 5.06. The third-order valence-corrected chi connectivity index (χ3v) is 8.24. The highest BCUT2D eigenvalue weighted by atomic mass is 35.5. The number of halogens is 1. The molecular formula is C28H38ClN3O4S. The van der Waals surface area contributed by atoms with Crippen molar-refractivity contribution in [2.45, 2.75) is 77.4 Å². The molecule has 0 bridgehead atoms. The van der Waals surface area contributed by atoms with Crippen LogP contribution >= 0.6 is 11.6 Å². The van der Waals surface area contributed by atoms with Gasteiger partial charge < -0.3 is 10.2 Å². The lowest BCUT2D eigenvalue weighted by atomic mass is 10.1. The van der Waals surface area contributed by atoms with Crippen LogP contribution in [0.2, 0.25) is 5.02 Å². The summed E-state index contributed by atoms with van der Waals surface area (Å²) in [7, 11) is -3.55. The Kier molecular flexibility index (Phi) is 10.4. The average molecular weight is 548 g/mol. The molecule has 2 aromatic rings. The topological polar surface area (TPSA) is 86.8 Å². The van der Waals surface area contributed by atoms with Gasteiger partial charge in [0, 0.05) is 30.6 Å². The minimum Gasteiger partial charge on any atom is -0.352 e. The summed E-state index contributed by atoms with van der Waals surface area (Å²) in [6.07, 6.45) is 6.25. The van der Waals surface area contributed by atoms with Crippen molar-refractivity contribution in [3.05, 3.63) is 64.7 Å². The quantitative estimate of drug-likeness (QED) is 0.402. The molecule has 1 aliphatic rings. The Morgan fingerprint density at radius 2 is 1.78 bits per heavy atom. The maximum absolute atomic E-state index is 13.5. The number of sulfonamides is 1. The van der Waals surface area contributed by atoms with E-state index in [1.54, 1.807) is 29.2 Å². The summed E-state index contributed by atoms with van der Waals surface area (Å²) < 4.78 is 26.2. The van der Waals surface area contributed by atoms with E-state index in [0.29, 0.717) is 30.1 Å². The van der Waals surface area contributed by atoms with Gasteiger partial charge in [0.1, 0.15) is 6.04 Å². The average Bonchev–Trinajstić information content (AvgIpc) is 3.34. The normalized spacial score (nSPS) is 14.8. The number of nitrogens with zero attached hydrogens (tertiary/aromatic N) is 2. The van der Waals surface area contributed by atoms with Crippen LogP contribution in [0.4, 0.5) is 5.69 Å². The minimum absolute atomic E-state index is 0.116. The molecule has 0 spiro atoms. The van der Waals surface area contributed by atoms with Crippen LogP contribution in [0.25, 0.3) is 0 Å². The van der Waals surface area contributed by atoms with E-state index < -0.39 is 16.1 Å². The number of nitrogens with one attached hydrogen (secondary N) is 1. The van der Waals surface area contributed by atoms with Gasteiger partial charge in [-0.25, -0.2) is 8.42 Å². The molecule has 2 amide bonds. The Labute approximate surface area is 226 Å². The van der Waals surface area contributed by atoms with E-state index in [1.807, 2.05) is 38.1 Å². The molecule has 1 fully saturated rings. The smallest absolute Gasteiger partial charge is 0.243 e. The van der Waals surface area contributed by atoms with Crippen molar-refractivity contribution in [3.8, 4) is 0 Å². The van der Waals surface area contributed by atoms with Crippen LogP contribution in [0.1, 0.15) is 63.0 Å². The predicted molar refractivity (Wildman–Crippen MR) is 149 cm³/mol. The van der Waals surface area contributed by atoms with Crippen molar-refractivity contribution >= 4 is 39.1 Å². The maximum atomic E-state index is 13.5. The first kappa shape index (κ1) is 29.0. The molecule has 0 aromatic heterocycles. The van der Waals surface area contributed by atoms with Crippen molar-refractivity contribution in [3.63, 3.8) is 0 Å². The second-order valence-corrected chi connectivity index (χ2v) is 12.2. The van der Waals surface area contributed by atoms with Gasteiger partial charge in [0.25, 0.3) is 0 Å². The molecule has 9 heteroatoms. The largest absolute Gasteiger partial charge is 0.352 e. The van der Waals surface area contributed by atoms with Crippen LogP contribution in [-0.4, -0.2) is 50.0 Å². The summed E-state index contributed by atoms with van der Waals surface area (Å²) in [4.78, 5) is 28.5. The van der Waals surface area contributed by atoms with Gasteiger partial charge in [0.15, 0.2) is 0 Å². The van der Waals surface area contributed by atoms with E-state index in [4.69, 9.17) is 11.6 Å². The van der Waals surface area contributed by atoms with E-state index in [9.17, 15) is 18.0 Å². The lowest BCUT2D eigenvalue weighted by Gasteiger charge is -2.32. The van der Waals surface area contributed by atoms with Crippen molar-refractivity contribution in [1.82, 2.24) is 10.2 Å². The molecule has 7 nitrogen and oxygen atoms in total. The van der Waals surface area contributed by atoms with E-state index in [0.717, 1.165) is 43.1 Å². The minimum atomic E-state index is -3.55. The molecular weight excluding hydrogens is 510 g/mol. The van der Waals surface area contributed by atoms with Gasteiger partial charge in [-0.2, -0.15) is 0 Å². The Morgan fingerprint density at radius 3 is 2.38 bits per heavy atom. The highest BCUT2D eigenvalue weighted by Gasteiger charge is 2.30. The van der Waals surface area contributed by atoms with Gasteiger partial charge in [-0.05, 0) is 62.4 Å². The van der Waals surface area contributed by atoms with Crippen LogP contribution in [-0.2, 0) is 26.2 Å². The number of amides is 2. The van der Waals surface area contributed by atoms with Crippen LogP contribution in [0.5, 0.6) is 0 Å². The van der Waals surface area contributed by atoms with Crippen molar-refractivity contribution in [2.75, 3.05) is 17.1 Å². The van der Waals surface area contributed by atoms with Crippen molar-refractivity contribution in [2.24, 2.45) is 0 Å². The fraction of sp³-hybridized carbons (Fsp3) is 0.500. The zero-order valence-corrected chi connectivity index (χ0v) is 23.5. The molecule has 0 heterocycles. The highest BCUT2D eigenvalue weighted by Crippen LogP contribution is 2.23. The first-order valence-electron chi connectivity index (χ1n) is 13.0. The molecule has 0 aliphatic heterocycles. The van der Waals surface area contributed by atoms with E-state index in [1.165, 1.54) is 4.31 Å². The summed E-state index contributed by atoms with van der Waals surface area (Å²) in [5.41, 5.74) is 2.54. The monoisotopic (exact) mass is 547 g/mol. The van der Waals surface area contributed by atoms with Crippen molar-refractivity contribution in [1.29, 1.82) is 0 Å². The summed E-state index contributed by atoms with van der Waals surface area (Å²) in [6.45, 7) is 4.39. The number of anilines is 1. The summed E-state index contributed by atoms with van der Waals surface area (Å²) in [5, 5.41) is 3.67. The molecule has 0 radical (unpaired) electrons. The second kappa shape index (κ2) is 13.3. The first-order chi connectivity index (χ1) is 17.6. The highest BCUT2D eigenvalue weighted by molar-refractivity contribution is 7.92. The van der Waals surface area contributed by atoms with Gasteiger partial charge >= 0.3 is 0 Å². The van der Waals surface area contributed by atoms with Gasteiger partial charge in [-0.1, -0.05) is 61.2 Å². The molecule has 1 unspecified atom stereocenters. The Balaban J connectivity index is 1.75. The number of rotatable bonds is 12. The molecule has 1 saturated carbocycles. The number of aryl methyl sites for hydroxylation is 1. The third-order valence-electron chi connectivity index (χ3n) is 6.79. The van der Waals surface area contributed by atoms with Gasteiger partial charge in [0.2, 0.25) is 21.8 Å². The summed E-state index contributed by atoms with van der Waals surface area (Å²) in [5.74, 6) is -0.284. The summed E-state index contributed by atoms with van der Waals surface area (Å²) >= 11 is 5.96. The summed E-state index contributed by atoms with van der Waals surface area (Å²) in [6, 6.07) is 14.1. The third kappa shape index (κ3) is 8.47. The number of carbonyl (C=O) groups is 2. The molecule has 1 atom stereocenters. The van der Waals surface area contributed by atoms with E-state index in [2.05, 4.69) is 5.32 Å². The maximum Gasteiger partial charge on any atom is 0.243 e. The van der Waals surface area contributed by atoms with Crippen molar-refractivity contribution < 1.29 is 18.0 Å². The Hall–Kier alpha value is -2.58. The molecule has 3 rings (SSSR count). The fourth-order valence-electron chi connectivity index (χ4n) is 4.91. The SMILES string of the molecule is CCC(C(=O)NC1CCCC1)N(Cc1cccc(C)c1)C(=O)CCCN(c1ccc(Cl)cc1)S(C)(=O)=O. The van der Waals surface area contributed by atoms with Crippen LogP contribution < -0.4 is 9.62 Å². The molecule has 202 valence electrons. The van der Waals surface area contributed by atoms with Gasteiger partial charge in [-0.15, -0.1) is 0 Å². The fourth-order valence-corrected chi connectivity index (χ4v) is 6.00. The Morgan fingerprint density at radius 1 is 1.11 bits per heavy atom. The van der Waals surface area contributed by atoms with Gasteiger partial charge in [0.05, 0.1) is 11.9 Å². The number of carbonyl (C=O) groups excluding carboxylic acids is 2. The van der Waals surface area contributed by atoms with Crippen LogP contribution in [0.3, 0.4) is 0 Å². The molecule has 37 heavy (non-hydrogen) atoms. The molecule has 0 saturated heterocycles. The number of hydrogen-bond acceptors (Lipinski definition) is 4. The van der Waals surface area contributed by atoms with E-state index in [-0.39, 0.29) is 30.8 Å². The van der Waals surface area contributed by atoms with Crippen LogP contribution in [0, 0.1) is 6.92 Å². The van der Waals surface area contributed by atoms with Gasteiger partial charge in [-0.3, -0.25) is 13.9 Å². The zero-order chi connectivity index (χ0) is 27.0. The zero-order valence-electron chi connectivity index (χ0n) is 22.0. The van der Waals surface area contributed by atoms with E-state index >= 15 is 0 Å². The Bertz CT molecular complexity index is 1160. The first-order valence-corrected chi connectivity index (χ1v) is 15.2. The lowest BCUT2D eigenvalue weighted by molar-refractivity contribution is -0.141.